The lowest BCUT2D eigenvalue weighted by Gasteiger charge is -2.28. The number of anilines is 3. The minimum atomic E-state index is -1.57. The Bertz CT molecular complexity index is 1700. The van der Waals surface area contributed by atoms with E-state index in [0.717, 1.165) is 39.3 Å². The Labute approximate surface area is 235 Å². The summed E-state index contributed by atoms with van der Waals surface area (Å²) in [4.78, 5) is 2.21. The van der Waals surface area contributed by atoms with Crippen LogP contribution in [0.2, 0.25) is 0 Å². The van der Waals surface area contributed by atoms with Gasteiger partial charge in [-0.25, -0.2) is 0 Å². The first-order valence-electron chi connectivity index (χ1n) is 13.3. The average molecular weight is 517 g/mol. The fourth-order valence-electron chi connectivity index (χ4n) is 5.16. The molecule has 0 aliphatic heterocycles. The zero-order valence-electron chi connectivity index (χ0n) is 21.9. The Balaban J connectivity index is 1.40. The van der Waals surface area contributed by atoms with Crippen LogP contribution in [0.25, 0.3) is 33.4 Å². The van der Waals surface area contributed by atoms with Crippen molar-refractivity contribution in [3.63, 3.8) is 0 Å². The highest BCUT2D eigenvalue weighted by Gasteiger charge is 2.21. The molecule has 0 aliphatic carbocycles. The minimum absolute atomic E-state index is 0.470. The number of benzene rings is 6. The molecule has 0 spiro atoms. The molecule has 0 aliphatic rings. The summed E-state index contributed by atoms with van der Waals surface area (Å²) in [5, 5.41) is 20.2. The van der Waals surface area contributed by atoms with Gasteiger partial charge in [0.25, 0.3) is 0 Å². The summed E-state index contributed by atoms with van der Waals surface area (Å²) in [6.07, 6.45) is 0. The van der Waals surface area contributed by atoms with Crippen LogP contribution in [0.15, 0.2) is 158 Å². The summed E-state index contributed by atoms with van der Waals surface area (Å²) in [6, 6.07) is 53.4. The van der Waals surface area contributed by atoms with Crippen LogP contribution < -0.4 is 10.4 Å². The van der Waals surface area contributed by atoms with Crippen LogP contribution in [0.3, 0.4) is 0 Å². The molecule has 6 aromatic rings. The van der Waals surface area contributed by atoms with E-state index < -0.39 is 7.12 Å². The third kappa shape index (κ3) is 5.19. The maximum Gasteiger partial charge on any atom is 0.489 e. The molecule has 40 heavy (non-hydrogen) atoms. The smallest absolute Gasteiger partial charge is 0.423 e. The molecule has 0 amide bonds. The molecule has 2 N–H and O–H groups in total. The molecule has 6 rings (SSSR count). The average Bonchev–Trinajstić information content (AvgIpc) is 3.03. The lowest BCUT2D eigenvalue weighted by Crippen LogP contribution is -2.31. The van der Waals surface area contributed by atoms with Crippen molar-refractivity contribution in [3.05, 3.63) is 158 Å². The summed E-state index contributed by atoms with van der Waals surface area (Å²) in [5.74, 6) is 0. The van der Waals surface area contributed by atoms with E-state index in [4.69, 9.17) is 0 Å². The van der Waals surface area contributed by atoms with Gasteiger partial charge in [0.1, 0.15) is 0 Å². The normalized spacial score (nSPS) is 10.8. The molecule has 6 aromatic carbocycles. The molecule has 0 unspecified atom stereocenters. The standard InChI is InChI=1S/C36H28BNO2/c39-37(40)35-17-9-7-15-33(35)34-16-8-10-18-36(34)38(31-13-5-2-6-14-31)32-25-23-30(24-26-32)29-21-19-28(20-22-29)27-11-3-1-4-12-27/h1-26,39-40H. The van der Waals surface area contributed by atoms with Gasteiger partial charge in [0.15, 0.2) is 0 Å². The van der Waals surface area contributed by atoms with Gasteiger partial charge >= 0.3 is 7.12 Å². The van der Waals surface area contributed by atoms with Crippen molar-refractivity contribution >= 4 is 29.6 Å². The van der Waals surface area contributed by atoms with E-state index in [2.05, 4.69) is 95.9 Å². The Morgan fingerprint density at radius 2 is 0.800 bits per heavy atom. The highest BCUT2D eigenvalue weighted by Crippen LogP contribution is 2.40. The quantitative estimate of drug-likeness (QED) is 0.212. The highest BCUT2D eigenvalue weighted by molar-refractivity contribution is 6.60. The monoisotopic (exact) mass is 517 g/mol. The van der Waals surface area contributed by atoms with Crippen molar-refractivity contribution in [1.29, 1.82) is 0 Å². The maximum atomic E-state index is 10.1. The molecule has 0 saturated carbocycles. The molecule has 0 atom stereocenters. The van der Waals surface area contributed by atoms with Crippen molar-refractivity contribution in [1.82, 2.24) is 0 Å². The fraction of sp³-hybridized carbons (Fsp3) is 0. The molecule has 3 nitrogen and oxygen atoms in total. The predicted octanol–water partition coefficient (Wildman–Crippen LogP) is 7.84. The van der Waals surface area contributed by atoms with Crippen molar-refractivity contribution < 1.29 is 10.0 Å². The highest BCUT2D eigenvalue weighted by atomic mass is 16.4. The Morgan fingerprint density at radius 3 is 1.40 bits per heavy atom. The molecule has 192 valence electrons. The van der Waals surface area contributed by atoms with Gasteiger partial charge in [0.05, 0.1) is 5.69 Å². The van der Waals surface area contributed by atoms with Gasteiger partial charge in [-0.05, 0) is 63.6 Å². The van der Waals surface area contributed by atoms with Crippen LogP contribution >= 0.6 is 0 Å². The van der Waals surface area contributed by atoms with Gasteiger partial charge in [0, 0.05) is 16.9 Å². The lowest BCUT2D eigenvalue weighted by molar-refractivity contribution is 0.426. The van der Waals surface area contributed by atoms with Crippen molar-refractivity contribution in [2.75, 3.05) is 4.90 Å². The summed E-state index contributed by atoms with van der Waals surface area (Å²) in [6.45, 7) is 0. The molecular formula is C36H28BNO2. The summed E-state index contributed by atoms with van der Waals surface area (Å²) in [7, 11) is -1.57. The van der Waals surface area contributed by atoms with Gasteiger partial charge in [-0.3, -0.25) is 0 Å². The number of hydrogen-bond acceptors (Lipinski definition) is 3. The first-order valence-corrected chi connectivity index (χ1v) is 13.3. The molecule has 0 fully saturated rings. The van der Waals surface area contributed by atoms with Crippen LogP contribution in [0.5, 0.6) is 0 Å². The van der Waals surface area contributed by atoms with Gasteiger partial charge in [-0.2, -0.15) is 0 Å². The zero-order chi connectivity index (χ0) is 27.3. The third-order valence-electron chi connectivity index (χ3n) is 7.14. The van der Waals surface area contributed by atoms with Gasteiger partial charge in [0.2, 0.25) is 0 Å². The number of nitrogens with zero attached hydrogens (tertiary/aromatic N) is 1. The van der Waals surface area contributed by atoms with E-state index in [-0.39, 0.29) is 0 Å². The number of para-hydroxylation sites is 2. The topological polar surface area (TPSA) is 43.7 Å². The zero-order valence-corrected chi connectivity index (χ0v) is 21.9. The molecular weight excluding hydrogens is 489 g/mol. The van der Waals surface area contributed by atoms with Crippen molar-refractivity contribution in [3.8, 4) is 33.4 Å². The Kier molecular flexibility index (Phi) is 7.27. The van der Waals surface area contributed by atoms with Crippen LogP contribution in [0.1, 0.15) is 0 Å². The van der Waals surface area contributed by atoms with Crippen LogP contribution in [0, 0.1) is 0 Å². The van der Waals surface area contributed by atoms with Crippen molar-refractivity contribution in [2.45, 2.75) is 0 Å². The second-order valence-corrected chi connectivity index (χ2v) is 9.64. The Hall–Kier alpha value is -4.90. The lowest BCUT2D eigenvalue weighted by atomic mass is 9.75. The predicted molar refractivity (Wildman–Crippen MR) is 167 cm³/mol. The molecule has 0 saturated heterocycles. The summed E-state index contributed by atoms with van der Waals surface area (Å²) in [5.41, 5.74) is 9.82. The first kappa shape index (κ1) is 25.4. The van der Waals surface area contributed by atoms with Crippen molar-refractivity contribution in [2.24, 2.45) is 0 Å². The van der Waals surface area contributed by atoms with E-state index in [1.54, 1.807) is 6.07 Å². The number of hydrogen-bond donors (Lipinski definition) is 2. The first-order chi connectivity index (χ1) is 19.7. The molecule has 0 bridgehead atoms. The minimum Gasteiger partial charge on any atom is -0.423 e. The van der Waals surface area contributed by atoms with E-state index >= 15 is 0 Å². The number of rotatable bonds is 7. The summed E-state index contributed by atoms with van der Waals surface area (Å²) >= 11 is 0. The Morgan fingerprint density at radius 1 is 0.375 bits per heavy atom. The second kappa shape index (κ2) is 11.5. The third-order valence-corrected chi connectivity index (χ3v) is 7.14. The second-order valence-electron chi connectivity index (χ2n) is 9.64. The van der Waals surface area contributed by atoms with Crippen LogP contribution in [-0.2, 0) is 0 Å². The fourth-order valence-corrected chi connectivity index (χ4v) is 5.16. The molecule has 0 aromatic heterocycles. The summed E-state index contributed by atoms with van der Waals surface area (Å²) < 4.78 is 0. The van der Waals surface area contributed by atoms with Crippen LogP contribution in [0.4, 0.5) is 17.1 Å². The van der Waals surface area contributed by atoms with E-state index in [1.165, 1.54) is 11.1 Å². The molecule has 0 heterocycles. The van der Waals surface area contributed by atoms with Gasteiger partial charge in [-0.1, -0.05) is 127 Å². The SMILES string of the molecule is OB(O)c1ccccc1-c1ccccc1N(c1ccccc1)c1ccc(-c2ccc(-c3ccccc3)cc2)cc1. The van der Waals surface area contributed by atoms with Crippen LogP contribution in [-0.4, -0.2) is 17.2 Å². The van der Waals surface area contributed by atoms with Gasteiger partial charge < -0.3 is 14.9 Å². The molecule has 0 radical (unpaired) electrons. The van der Waals surface area contributed by atoms with E-state index in [9.17, 15) is 10.0 Å². The van der Waals surface area contributed by atoms with E-state index in [1.807, 2.05) is 60.7 Å². The van der Waals surface area contributed by atoms with Gasteiger partial charge in [-0.15, -0.1) is 0 Å². The maximum absolute atomic E-state index is 10.1. The largest absolute Gasteiger partial charge is 0.489 e. The molecule has 4 heteroatoms. The van der Waals surface area contributed by atoms with E-state index in [0.29, 0.717) is 5.46 Å².